The van der Waals surface area contributed by atoms with Gasteiger partial charge in [0.05, 0.1) is 17.8 Å². The van der Waals surface area contributed by atoms with Gasteiger partial charge in [-0.25, -0.2) is 9.97 Å². The van der Waals surface area contributed by atoms with Gasteiger partial charge < -0.3 is 19.5 Å². The van der Waals surface area contributed by atoms with E-state index in [-0.39, 0.29) is 5.95 Å². The topological polar surface area (TPSA) is 105 Å². The summed E-state index contributed by atoms with van der Waals surface area (Å²) < 4.78 is 11.8. The molecule has 1 aliphatic heterocycles. The lowest BCUT2D eigenvalue weighted by Gasteiger charge is -2.32. The second-order valence-corrected chi connectivity index (χ2v) is 6.50. The zero-order valence-electron chi connectivity index (χ0n) is 14.0. The Balaban J connectivity index is 2.13. The molecule has 2 rings (SSSR count). The van der Waals surface area contributed by atoms with E-state index in [0.29, 0.717) is 5.46 Å². The highest BCUT2D eigenvalue weighted by Crippen LogP contribution is 2.36. The van der Waals surface area contributed by atoms with Crippen molar-refractivity contribution in [3.63, 3.8) is 0 Å². The summed E-state index contributed by atoms with van der Waals surface area (Å²) in [6, 6.07) is 0. The Labute approximate surface area is 135 Å². The fourth-order valence-electron chi connectivity index (χ4n) is 2.01. The average molecular weight is 323 g/mol. The van der Waals surface area contributed by atoms with Crippen molar-refractivity contribution < 1.29 is 24.3 Å². The maximum atomic E-state index is 11.8. The van der Waals surface area contributed by atoms with E-state index in [1.54, 1.807) is 0 Å². The van der Waals surface area contributed by atoms with Crippen LogP contribution in [0, 0.1) is 0 Å². The van der Waals surface area contributed by atoms with Gasteiger partial charge in [0, 0.05) is 24.9 Å². The first-order valence-corrected chi connectivity index (χ1v) is 7.33. The molecule has 2 heterocycles. The fourth-order valence-corrected chi connectivity index (χ4v) is 2.01. The summed E-state index contributed by atoms with van der Waals surface area (Å²) in [5.74, 6) is -0.571. The van der Waals surface area contributed by atoms with Crippen LogP contribution in [0.1, 0.15) is 27.7 Å². The van der Waals surface area contributed by atoms with E-state index in [1.807, 2.05) is 27.7 Å². The van der Waals surface area contributed by atoms with Crippen LogP contribution in [0.4, 0.5) is 5.95 Å². The van der Waals surface area contributed by atoms with Gasteiger partial charge in [-0.1, -0.05) is 0 Å². The molecule has 0 saturated carbocycles. The normalized spacial score (nSPS) is 20.4. The van der Waals surface area contributed by atoms with Gasteiger partial charge in [0.2, 0.25) is 5.95 Å². The number of nitrogens with zero attached hydrogens (tertiary/aromatic N) is 3. The molecule has 8 nitrogen and oxygen atoms in total. The number of anilines is 1. The van der Waals surface area contributed by atoms with E-state index < -0.39 is 36.9 Å². The summed E-state index contributed by atoms with van der Waals surface area (Å²) in [7, 11) is 0.837. The van der Waals surface area contributed by atoms with Crippen molar-refractivity contribution in [2.24, 2.45) is 0 Å². The molecule has 1 aromatic rings. The van der Waals surface area contributed by atoms with Gasteiger partial charge in [0.25, 0.3) is 5.91 Å². The molecule has 0 spiro atoms. The fraction of sp³-hybridized carbons (Fsp3) is 0.643. The highest BCUT2D eigenvalue weighted by molar-refractivity contribution is 6.61. The van der Waals surface area contributed by atoms with Gasteiger partial charge in [-0.2, -0.15) is 0 Å². The first kappa shape index (κ1) is 17.8. The lowest BCUT2D eigenvalue weighted by atomic mass is 9.81. The standard InChI is InChI=1S/C14H22BN3O5/c1-13(2)14(3,4)23-15(22-13)9-6-16-12(17-7-9)18(5)11(21)10(20)8-19/h6-7,10,19-20H,8H2,1-5H3/t10-/m0/s1. The molecule has 1 fully saturated rings. The van der Waals surface area contributed by atoms with Crippen molar-refractivity contribution in [2.75, 3.05) is 18.6 Å². The largest absolute Gasteiger partial charge is 0.498 e. The van der Waals surface area contributed by atoms with Crippen molar-refractivity contribution >= 4 is 24.4 Å². The van der Waals surface area contributed by atoms with Gasteiger partial charge >= 0.3 is 7.12 Å². The number of carbonyl (C=O) groups excluding carboxylic acids is 1. The Morgan fingerprint density at radius 1 is 1.26 bits per heavy atom. The Bertz CT molecular complexity index is 562. The van der Waals surface area contributed by atoms with Gasteiger partial charge in [-0.3, -0.25) is 9.69 Å². The Morgan fingerprint density at radius 2 is 1.74 bits per heavy atom. The van der Waals surface area contributed by atoms with Crippen LogP contribution in [0.3, 0.4) is 0 Å². The minimum Gasteiger partial charge on any atom is -0.399 e. The van der Waals surface area contributed by atoms with Gasteiger partial charge in [0.1, 0.15) is 0 Å². The monoisotopic (exact) mass is 323 g/mol. The molecule has 0 radical (unpaired) electrons. The summed E-state index contributed by atoms with van der Waals surface area (Å²) in [6.07, 6.45) is 1.53. The van der Waals surface area contributed by atoms with Crippen LogP contribution in [0.2, 0.25) is 0 Å². The van der Waals surface area contributed by atoms with Crippen molar-refractivity contribution in [3.8, 4) is 0 Å². The van der Waals surface area contributed by atoms with Gasteiger partial charge in [-0.05, 0) is 27.7 Å². The van der Waals surface area contributed by atoms with Crippen LogP contribution in [-0.4, -0.2) is 64.2 Å². The zero-order valence-corrected chi connectivity index (χ0v) is 14.0. The lowest BCUT2D eigenvalue weighted by Crippen LogP contribution is -2.41. The maximum Gasteiger partial charge on any atom is 0.498 e. The molecule has 1 atom stereocenters. The van der Waals surface area contributed by atoms with Crippen molar-refractivity contribution in [2.45, 2.75) is 45.0 Å². The lowest BCUT2D eigenvalue weighted by molar-refractivity contribution is -0.128. The molecule has 1 aromatic heterocycles. The third-order valence-corrected chi connectivity index (χ3v) is 4.27. The van der Waals surface area contributed by atoms with Gasteiger partial charge in [-0.15, -0.1) is 0 Å². The highest BCUT2D eigenvalue weighted by Gasteiger charge is 2.52. The molecule has 126 valence electrons. The molecule has 0 aromatic carbocycles. The van der Waals surface area contributed by atoms with Gasteiger partial charge in [0.15, 0.2) is 6.10 Å². The summed E-state index contributed by atoms with van der Waals surface area (Å²) in [6.45, 7) is 7.14. The second-order valence-electron chi connectivity index (χ2n) is 6.50. The summed E-state index contributed by atoms with van der Waals surface area (Å²) in [4.78, 5) is 21.0. The van der Waals surface area contributed by atoms with E-state index in [9.17, 15) is 9.90 Å². The minimum atomic E-state index is -1.49. The predicted molar refractivity (Wildman–Crippen MR) is 84.3 cm³/mol. The van der Waals surface area contributed by atoms with Crippen LogP contribution in [0.15, 0.2) is 12.4 Å². The molecular weight excluding hydrogens is 301 g/mol. The molecule has 1 aliphatic rings. The molecule has 0 bridgehead atoms. The smallest absolute Gasteiger partial charge is 0.399 e. The number of likely N-dealkylation sites (N-methyl/N-ethyl adjacent to an activating group) is 1. The van der Waals surface area contributed by atoms with Crippen LogP contribution < -0.4 is 10.4 Å². The second kappa shape index (κ2) is 6.16. The molecule has 1 saturated heterocycles. The average Bonchev–Trinajstić information content (AvgIpc) is 2.73. The van der Waals surface area contributed by atoms with Crippen LogP contribution in [0.25, 0.3) is 0 Å². The number of aromatic nitrogens is 2. The Morgan fingerprint density at radius 3 is 2.17 bits per heavy atom. The van der Waals surface area contributed by atoms with E-state index in [1.165, 1.54) is 19.4 Å². The number of rotatable bonds is 4. The zero-order chi connectivity index (χ0) is 17.4. The molecule has 9 heteroatoms. The molecule has 0 aliphatic carbocycles. The van der Waals surface area contributed by atoms with Crippen LogP contribution >= 0.6 is 0 Å². The Kier molecular flexibility index (Phi) is 4.77. The number of hydrogen-bond donors (Lipinski definition) is 2. The predicted octanol–water partition coefficient (Wildman–Crippen LogP) is -0.908. The van der Waals surface area contributed by atoms with E-state index in [0.717, 1.165) is 4.90 Å². The summed E-state index contributed by atoms with van der Waals surface area (Å²) in [5.41, 5.74) is -0.293. The van der Waals surface area contributed by atoms with Crippen LogP contribution in [0.5, 0.6) is 0 Å². The van der Waals surface area contributed by atoms with E-state index in [4.69, 9.17) is 14.4 Å². The van der Waals surface area contributed by atoms with Crippen molar-refractivity contribution in [3.05, 3.63) is 12.4 Å². The number of aliphatic hydroxyl groups is 2. The van der Waals surface area contributed by atoms with E-state index >= 15 is 0 Å². The summed E-state index contributed by atoms with van der Waals surface area (Å²) in [5, 5.41) is 18.2. The molecule has 2 N–H and O–H groups in total. The SMILES string of the molecule is CN(C(=O)[C@@H](O)CO)c1ncc(B2OC(C)(C)C(C)(C)O2)cn1. The molecular formula is C14H22BN3O5. The number of aliphatic hydroxyl groups excluding tert-OH is 2. The van der Waals surface area contributed by atoms with E-state index in [2.05, 4.69) is 9.97 Å². The first-order valence-electron chi connectivity index (χ1n) is 7.33. The summed E-state index contributed by atoms with van der Waals surface area (Å²) >= 11 is 0. The third-order valence-electron chi connectivity index (χ3n) is 4.27. The number of amides is 1. The molecule has 0 unspecified atom stereocenters. The molecule has 1 amide bonds. The van der Waals surface area contributed by atoms with Crippen LogP contribution in [-0.2, 0) is 14.1 Å². The highest BCUT2D eigenvalue weighted by atomic mass is 16.7. The molecule has 23 heavy (non-hydrogen) atoms. The number of hydrogen-bond acceptors (Lipinski definition) is 7. The van der Waals surface area contributed by atoms with Crippen molar-refractivity contribution in [1.29, 1.82) is 0 Å². The Hall–Kier alpha value is -1.55. The first-order chi connectivity index (χ1) is 10.6. The minimum absolute atomic E-state index is 0.114. The third kappa shape index (κ3) is 3.37. The van der Waals surface area contributed by atoms with Crippen molar-refractivity contribution in [1.82, 2.24) is 9.97 Å². The number of carbonyl (C=O) groups is 1. The quantitative estimate of drug-likeness (QED) is 0.691. The maximum absolute atomic E-state index is 11.8.